The molecule has 0 aliphatic carbocycles. The van der Waals surface area contributed by atoms with Crippen LogP contribution in [0.1, 0.15) is 11.1 Å². The minimum atomic E-state index is -0.495. The van der Waals surface area contributed by atoms with E-state index >= 15 is 0 Å². The first-order valence-corrected chi connectivity index (χ1v) is 9.27. The minimum Gasteiger partial charge on any atom is -0.493 e. The maximum atomic E-state index is 12.5. The largest absolute Gasteiger partial charge is 0.493 e. The molecule has 2 aromatic carbocycles. The molecule has 8 nitrogen and oxygen atoms in total. The fraction of sp³-hybridized carbons (Fsp3) is 0.217. The van der Waals surface area contributed by atoms with Crippen molar-refractivity contribution in [1.29, 1.82) is 0 Å². The highest BCUT2D eigenvalue weighted by Gasteiger charge is 2.30. The molecule has 1 N–H and O–H groups in total. The van der Waals surface area contributed by atoms with Crippen LogP contribution in [0.25, 0.3) is 12.2 Å². The molecule has 162 valence electrons. The number of hydrogen-bond donors (Lipinski definition) is 1. The molecule has 0 radical (unpaired) electrons. The van der Waals surface area contributed by atoms with E-state index in [9.17, 15) is 9.59 Å². The maximum Gasteiger partial charge on any atom is 0.258 e. The number of methoxy groups -OCH3 is 5. The summed E-state index contributed by atoms with van der Waals surface area (Å²) in [6, 6.07) is 8.60. The molecule has 0 saturated carbocycles. The van der Waals surface area contributed by atoms with Gasteiger partial charge in [-0.1, -0.05) is 6.07 Å². The van der Waals surface area contributed by atoms with Gasteiger partial charge in [-0.2, -0.15) is 0 Å². The van der Waals surface area contributed by atoms with E-state index < -0.39 is 11.8 Å². The molecule has 1 fully saturated rings. The van der Waals surface area contributed by atoms with Gasteiger partial charge >= 0.3 is 0 Å². The van der Waals surface area contributed by atoms with Crippen molar-refractivity contribution in [3.05, 3.63) is 52.6 Å². The molecule has 0 bridgehead atoms. The summed E-state index contributed by atoms with van der Waals surface area (Å²) in [6.45, 7) is 0. The molecule has 8 heteroatoms. The monoisotopic (exact) mass is 425 g/mol. The Kier molecular flexibility index (Phi) is 6.49. The van der Waals surface area contributed by atoms with Crippen LogP contribution in [0, 0.1) is 0 Å². The van der Waals surface area contributed by atoms with E-state index in [4.69, 9.17) is 23.7 Å². The van der Waals surface area contributed by atoms with Crippen molar-refractivity contribution in [1.82, 2.24) is 5.32 Å². The summed E-state index contributed by atoms with van der Waals surface area (Å²) >= 11 is 0. The average molecular weight is 425 g/mol. The molecular formula is C23H23NO7. The molecule has 0 unspecified atom stereocenters. The normalized spacial score (nSPS) is 15.8. The zero-order valence-corrected chi connectivity index (χ0v) is 17.9. The lowest BCUT2D eigenvalue weighted by molar-refractivity contribution is -0.123. The highest BCUT2D eigenvalue weighted by molar-refractivity contribution is 6.28. The number of amides is 2. The van der Waals surface area contributed by atoms with Crippen LogP contribution >= 0.6 is 0 Å². The third-order valence-electron chi connectivity index (χ3n) is 4.72. The average Bonchev–Trinajstić information content (AvgIpc) is 3.04. The first-order valence-electron chi connectivity index (χ1n) is 9.27. The first kappa shape index (κ1) is 21.8. The molecule has 2 amide bonds. The van der Waals surface area contributed by atoms with E-state index in [0.29, 0.717) is 39.9 Å². The van der Waals surface area contributed by atoms with Crippen molar-refractivity contribution in [2.24, 2.45) is 0 Å². The van der Waals surface area contributed by atoms with Crippen LogP contribution in [0.5, 0.6) is 28.7 Å². The molecule has 1 saturated heterocycles. The molecule has 0 aromatic heterocycles. The molecule has 0 spiro atoms. The first-order chi connectivity index (χ1) is 14.9. The van der Waals surface area contributed by atoms with Crippen LogP contribution in [0.15, 0.2) is 41.5 Å². The Labute approximate surface area is 180 Å². The van der Waals surface area contributed by atoms with Gasteiger partial charge in [-0.3, -0.25) is 14.9 Å². The standard InChI is InChI=1S/C23H23NO7/c1-27-17-7-6-13(10-18(17)28-2)8-15-16(23(26)24-22(15)25)9-14-11-19(29-3)21(31-5)20(12-14)30-4/h6-12H,1-5H3,(H,24,25,26)/b15-8?,16-9+. The van der Waals surface area contributed by atoms with Gasteiger partial charge in [0.25, 0.3) is 11.8 Å². The van der Waals surface area contributed by atoms with E-state index in [2.05, 4.69) is 5.32 Å². The summed E-state index contributed by atoms with van der Waals surface area (Å²) in [4.78, 5) is 24.9. The molecule has 3 rings (SSSR count). The number of rotatable bonds is 7. The van der Waals surface area contributed by atoms with E-state index in [1.165, 1.54) is 35.5 Å². The van der Waals surface area contributed by atoms with Crippen LogP contribution in [-0.2, 0) is 9.59 Å². The lowest BCUT2D eigenvalue weighted by atomic mass is 10.0. The summed E-state index contributed by atoms with van der Waals surface area (Å²) in [5.41, 5.74) is 1.72. The summed E-state index contributed by atoms with van der Waals surface area (Å²) in [7, 11) is 7.57. The summed E-state index contributed by atoms with van der Waals surface area (Å²) in [6.07, 6.45) is 3.21. The summed E-state index contributed by atoms with van der Waals surface area (Å²) in [5.74, 6) is 1.39. The third kappa shape index (κ3) is 4.32. The Balaban J connectivity index is 2.09. The molecule has 31 heavy (non-hydrogen) atoms. The number of carbonyl (C=O) groups is 2. The molecule has 0 atom stereocenters. The number of hydrogen-bond acceptors (Lipinski definition) is 7. The molecular weight excluding hydrogens is 402 g/mol. The van der Waals surface area contributed by atoms with E-state index in [1.807, 2.05) is 0 Å². The lowest BCUT2D eigenvalue weighted by Crippen LogP contribution is -2.19. The third-order valence-corrected chi connectivity index (χ3v) is 4.72. The molecule has 1 heterocycles. The van der Waals surface area contributed by atoms with Gasteiger partial charge < -0.3 is 23.7 Å². The summed E-state index contributed by atoms with van der Waals surface area (Å²) < 4.78 is 26.6. The van der Waals surface area contributed by atoms with Crippen molar-refractivity contribution >= 4 is 24.0 Å². The van der Waals surface area contributed by atoms with E-state index in [0.717, 1.165) is 0 Å². The number of nitrogens with one attached hydrogen (secondary N) is 1. The van der Waals surface area contributed by atoms with Gasteiger partial charge in [-0.15, -0.1) is 0 Å². The topological polar surface area (TPSA) is 92.3 Å². The quantitative estimate of drug-likeness (QED) is 0.539. The number of carbonyl (C=O) groups excluding carboxylic acids is 2. The maximum absolute atomic E-state index is 12.5. The van der Waals surface area contributed by atoms with Crippen molar-refractivity contribution in [3.8, 4) is 28.7 Å². The smallest absolute Gasteiger partial charge is 0.258 e. The molecule has 1 aliphatic rings. The lowest BCUT2D eigenvalue weighted by Gasteiger charge is -2.13. The van der Waals surface area contributed by atoms with Gasteiger partial charge in [0, 0.05) is 0 Å². The fourth-order valence-electron chi connectivity index (χ4n) is 3.23. The molecule has 2 aromatic rings. The predicted molar refractivity (Wildman–Crippen MR) is 115 cm³/mol. The second-order valence-electron chi connectivity index (χ2n) is 6.47. The van der Waals surface area contributed by atoms with Crippen LogP contribution in [0.2, 0.25) is 0 Å². The Morgan fingerprint density at radius 2 is 1.10 bits per heavy atom. The SMILES string of the molecule is COc1ccc(C=C2C(=O)NC(=O)/C2=C/c2cc(OC)c(OC)c(OC)c2)cc1OC. The summed E-state index contributed by atoms with van der Waals surface area (Å²) in [5, 5.41) is 2.33. The molecule has 1 aliphatic heterocycles. The van der Waals surface area contributed by atoms with E-state index in [1.54, 1.807) is 42.5 Å². The second kappa shape index (κ2) is 9.25. The van der Waals surface area contributed by atoms with Gasteiger partial charge in [0.1, 0.15) is 0 Å². The van der Waals surface area contributed by atoms with Crippen molar-refractivity contribution in [2.75, 3.05) is 35.5 Å². The second-order valence-corrected chi connectivity index (χ2v) is 6.47. The Hall–Kier alpha value is -3.94. The Morgan fingerprint density at radius 1 is 0.613 bits per heavy atom. The van der Waals surface area contributed by atoms with Gasteiger partial charge in [-0.05, 0) is 47.5 Å². The fourth-order valence-corrected chi connectivity index (χ4v) is 3.23. The van der Waals surface area contributed by atoms with Crippen LogP contribution in [0.3, 0.4) is 0 Å². The van der Waals surface area contributed by atoms with Gasteiger partial charge in [0.2, 0.25) is 5.75 Å². The Morgan fingerprint density at radius 3 is 1.58 bits per heavy atom. The van der Waals surface area contributed by atoms with Crippen LogP contribution in [0.4, 0.5) is 0 Å². The van der Waals surface area contributed by atoms with Gasteiger partial charge in [-0.25, -0.2) is 0 Å². The van der Waals surface area contributed by atoms with Crippen molar-refractivity contribution in [2.45, 2.75) is 0 Å². The minimum absolute atomic E-state index is 0.217. The van der Waals surface area contributed by atoms with Crippen LogP contribution in [-0.4, -0.2) is 47.4 Å². The van der Waals surface area contributed by atoms with Gasteiger partial charge in [0.05, 0.1) is 46.7 Å². The zero-order chi connectivity index (χ0) is 22.5. The highest BCUT2D eigenvalue weighted by atomic mass is 16.5. The highest BCUT2D eigenvalue weighted by Crippen LogP contribution is 2.39. The van der Waals surface area contributed by atoms with Crippen molar-refractivity contribution in [3.63, 3.8) is 0 Å². The number of imide groups is 1. The Bertz CT molecular complexity index is 1060. The van der Waals surface area contributed by atoms with Gasteiger partial charge in [0.15, 0.2) is 23.0 Å². The zero-order valence-electron chi connectivity index (χ0n) is 17.9. The van der Waals surface area contributed by atoms with E-state index in [-0.39, 0.29) is 11.1 Å². The van der Waals surface area contributed by atoms with Crippen molar-refractivity contribution < 1.29 is 33.3 Å². The number of ether oxygens (including phenoxy) is 5. The predicted octanol–water partition coefficient (Wildman–Crippen LogP) is 2.85. The van der Waals surface area contributed by atoms with Crippen LogP contribution < -0.4 is 29.0 Å². The number of benzene rings is 2.